The number of aromatic nitrogens is 2. The van der Waals surface area contributed by atoms with E-state index in [4.69, 9.17) is 0 Å². The number of para-hydroxylation sites is 1. The number of anilines is 1. The summed E-state index contributed by atoms with van der Waals surface area (Å²) in [5.41, 5.74) is 2.79. The van der Waals surface area contributed by atoms with Crippen LogP contribution in [0.3, 0.4) is 0 Å². The van der Waals surface area contributed by atoms with Gasteiger partial charge in [0.1, 0.15) is 0 Å². The van der Waals surface area contributed by atoms with Crippen molar-refractivity contribution in [2.45, 2.75) is 13.3 Å². The van der Waals surface area contributed by atoms with E-state index in [-0.39, 0.29) is 10.6 Å². The number of rotatable bonds is 5. The fraction of sp³-hybridized carbons (Fsp3) is 0.308. The van der Waals surface area contributed by atoms with Crippen molar-refractivity contribution in [3.63, 3.8) is 0 Å². The molecule has 19 heavy (non-hydrogen) atoms. The summed E-state index contributed by atoms with van der Waals surface area (Å²) in [4.78, 5) is 10.5. The maximum Gasteiger partial charge on any atom is 0.272 e. The molecule has 1 N–H and O–H groups in total. The minimum atomic E-state index is -0.343. The number of benzene rings is 1. The second-order valence-electron chi connectivity index (χ2n) is 4.36. The van der Waals surface area contributed by atoms with Crippen LogP contribution in [0.2, 0.25) is 0 Å². The molecular weight excluding hydrogens is 244 g/mol. The number of nitro groups is 1. The van der Waals surface area contributed by atoms with E-state index in [2.05, 4.69) is 10.4 Å². The third-order valence-corrected chi connectivity index (χ3v) is 2.91. The Morgan fingerprint density at radius 3 is 2.79 bits per heavy atom. The molecule has 6 heteroatoms. The van der Waals surface area contributed by atoms with Gasteiger partial charge in [-0.2, -0.15) is 5.10 Å². The number of nitro benzene ring substituents is 1. The maximum absolute atomic E-state index is 10.9. The highest BCUT2D eigenvalue weighted by Crippen LogP contribution is 2.18. The molecule has 0 amide bonds. The SMILES string of the molecule is Cc1nn(C)cc1NCCc1ccccc1[N+](=O)[O-]. The Hall–Kier alpha value is -2.37. The molecule has 1 aromatic heterocycles. The molecule has 0 bridgehead atoms. The van der Waals surface area contributed by atoms with Crippen molar-refractivity contribution in [1.29, 1.82) is 0 Å². The molecule has 0 saturated carbocycles. The van der Waals surface area contributed by atoms with Gasteiger partial charge >= 0.3 is 0 Å². The summed E-state index contributed by atoms with van der Waals surface area (Å²) in [6.45, 7) is 2.56. The minimum absolute atomic E-state index is 0.173. The summed E-state index contributed by atoms with van der Waals surface area (Å²) >= 11 is 0. The fourth-order valence-electron chi connectivity index (χ4n) is 2.01. The van der Waals surface area contributed by atoms with Gasteiger partial charge < -0.3 is 5.32 Å². The number of aryl methyl sites for hydroxylation is 2. The zero-order valence-corrected chi connectivity index (χ0v) is 11.0. The zero-order valence-electron chi connectivity index (χ0n) is 11.0. The molecule has 100 valence electrons. The summed E-state index contributed by atoms with van der Waals surface area (Å²) < 4.78 is 1.74. The predicted molar refractivity (Wildman–Crippen MR) is 73.2 cm³/mol. The lowest BCUT2D eigenvalue weighted by Crippen LogP contribution is -2.06. The van der Waals surface area contributed by atoms with Crippen LogP contribution in [0.1, 0.15) is 11.3 Å². The van der Waals surface area contributed by atoms with E-state index in [1.165, 1.54) is 6.07 Å². The second kappa shape index (κ2) is 5.51. The first-order chi connectivity index (χ1) is 9.08. The van der Waals surface area contributed by atoms with Gasteiger partial charge in [-0.25, -0.2) is 0 Å². The molecule has 0 atom stereocenters. The van der Waals surface area contributed by atoms with Gasteiger partial charge in [0, 0.05) is 31.4 Å². The Kier molecular flexibility index (Phi) is 3.79. The molecule has 0 aliphatic rings. The molecule has 0 fully saturated rings. The molecule has 2 rings (SSSR count). The Balaban J connectivity index is 2.00. The third-order valence-electron chi connectivity index (χ3n) is 2.91. The van der Waals surface area contributed by atoms with Gasteiger partial charge in [-0.15, -0.1) is 0 Å². The van der Waals surface area contributed by atoms with Gasteiger partial charge in [-0.3, -0.25) is 14.8 Å². The van der Waals surface area contributed by atoms with Crippen molar-refractivity contribution in [2.24, 2.45) is 7.05 Å². The molecule has 0 spiro atoms. The lowest BCUT2D eigenvalue weighted by atomic mass is 10.1. The number of nitrogens with zero attached hydrogens (tertiary/aromatic N) is 3. The highest BCUT2D eigenvalue weighted by Gasteiger charge is 2.11. The summed E-state index contributed by atoms with van der Waals surface area (Å²) in [5.74, 6) is 0. The Morgan fingerprint density at radius 1 is 1.42 bits per heavy atom. The fourth-order valence-corrected chi connectivity index (χ4v) is 2.01. The molecule has 0 aliphatic carbocycles. The molecule has 0 radical (unpaired) electrons. The van der Waals surface area contributed by atoms with Gasteiger partial charge in [-0.1, -0.05) is 18.2 Å². The van der Waals surface area contributed by atoms with Gasteiger partial charge in [0.15, 0.2) is 0 Å². The smallest absolute Gasteiger partial charge is 0.272 e. The number of nitrogens with one attached hydrogen (secondary N) is 1. The second-order valence-corrected chi connectivity index (χ2v) is 4.36. The van der Waals surface area contributed by atoms with Gasteiger partial charge in [0.05, 0.1) is 16.3 Å². The Labute approximate surface area is 111 Å². The van der Waals surface area contributed by atoms with E-state index in [1.54, 1.807) is 16.8 Å². The van der Waals surface area contributed by atoms with Crippen LogP contribution in [-0.2, 0) is 13.5 Å². The molecule has 1 heterocycles. The Morgan fingerprint density at radius 2 is 2.16 bits per heavy atom. The molecule has 2 aromatic rings. The van der Waals surface area contributed by atoms with Crippen molar-refractivity contribution >= 4 is 11.4 Å². The molecular formula is C13H16N4O2. The highest BCUT2D eigenvalue weighted by atomic mass is 16.6. The average molecular weight is 260 g/mol. The van der Waals surface area contributed by atoms with Gasteiger partial charge in [-0.05, 0) is 13.3 Å². The highest BCUT2D eigenvalue weighted by molar-refractivity contribution is 5.46. The topological polar surface area (TPSA) is 73.0 Å². The summed E-state index contributed by atoms with van der Waals surface area (Å²) in [6, 6.07) is 6.82. The van der Waals surface area contributed by atoms with E-state index < -0.39 is 0 Å². The maximum atomic E-state index is 10.9. The molecule has 0 aliphatic heterocycles. The van der Waals surface area contributed by atoms with Crippen molar-refractivity contribution in [3.05, 3.63) is 51.8 Å². The molecule has 0 saturated heterocycles. The largest absolute Gasteiger partial charge is 0.382 e. The van der Waals surface area contributed by atoms with E-state index in [9.17, 15) is 10.1 Å². The lowest BCUT2D eigenvalue weighted by molar-refractivity contribution is -0.385. The average Bonchev–Trinajstić information content (AvgIpc) is 2.68. The van der Waals surface area contributed by atoms with Crippen molar-refractivity contribution in [1.82, 2.24) is 9.78 Å². The van der Waals surface area contributed by atoms with Crippen LogP contribution < -0.4 is 5.32 Å². The number of hydrogen-bond acceptors (Lipinski definition) is 4. The van der Waals surface area contributed by atoms with Gasteiger partial charge in [0.2, 0.25) is 0 Å². The molecule has 6 nitrogen and oxygen atoms in total. The van der Waals surface area contributed by atoms with E-state index in [0.29, 0.717) is 13.0 Å². The first-order valence-electron chi connectivity index (χ1n) is 6.04. The quantitative estimate of drug-likeness (QED) is 0.661. The van der Waals surface area contributed by atoms with E-state index in [1.807, 2.05) is 26.2 Å². The van der Waals surface area contributed by atoms with Crippen molar-refractivity contribution in [2.75, 3.05) is 11.9 Å². The monoisotopic (exact) mass is 260 g/mol. The molecule has 0 unspecified atom stereocenters. The first-order valence-corrected chi connectivity index (χ1v) is 6.04. The Bertz CT molecular complexity index is 592. The van der Waals surface area contributed by atoms with Crippen molar-refractivity contribution in [3.8, 4) is 0 Å². The van der Waals surface area contributed by atoms with E-state index in [0.717, 1.165) is 16.9 Å². The van der Waals surface area contributed by atoms with Crippen LogP contribution in [0.25, 0.3) is 0 Å². The first kappa shape index (κ1) is 13.1. The molecule has 1 aromatic carbocycles. The normalized spacial score (nSPS) is 10.4. The minimum Gasteiger partial charge on any atom is -0.382 e. The number of hydrogen-bond donors (Lipinski definition) is 1. The van der Waals surface area contributed by atoms with Gasteiger partial charge in [0.25, 0.3) is 5.69 Å². The van der Waals surface area contributed by atoms with Crippen LogP contribution in [-0.4, -0.2) is 21.2 Å². The van der Waals surface area contributed by atoms with E-state index >= 15 is 0 Å². The van der Waals surface area contributed by atoms with Crippen LogP contribution in [0, 0.1) is 17.0 Å². The lowest BCUT2D eigenvalue weighted by Gasteiger charge is -2.05. The predicted octanol–water partition coefficient (Wildman–Crippen LogP) is 2.29. The van der Waals surface area contributed by atoms with Crippen LogP contribution in [0.5, 0.6) is 0 Å². The summed E-state index contributed by atoms with van der Waals surface area (Å²) in [7, 11) is 1.86. The van der Waals surface area contributed by atoms with Crippen LogP contribution in [0.15, 0.2) is 30.5 Å². The van der Waals surface area contributed by atoms with Crippen LogP contribution in [0.4, 0.5) is 11.4 Å². The zero-order chi connectivity index (χ0) is 13.8. The standard InChI is InChI=1S/C13H16N4O2/c1-10-12(9-16(2)15-10)14-8-7-11-5-3-4-6-13(11)17(18)19/h3-6,9,14H,7-8H2,1-2H3. The summed E-state index contributed by atoms with van der Waals surface area (Å²) in [6.07, 6.45) is 2.50. The van der Waals surface area contributed by atoms with Crippen molar-refractivity contribution < 1.29 is 4.92 Å². The van der Waals surface area contributed by atoms with Crippen LogP contribution >= 0.6 is 0 Å². The third kappa shape index (κ3) is 3.09. The summed E-state index contributed by atoms with van der Waals surface area (Å²) in [5, 5.41) is 18.4.